The summed E-state index contributed by atoms with van der Waals surface area (Å²) in [5.41, 5.74) is 0.928. The fourth-order valence-corrected chi connectivity index (χ4v) is 3.50. The molecule has 0 unspecified atom stereocenters. The van der Waals surface area contributed by atoms with E-state index >= 15 is 0 Å². The SMILES string of the molecule is Cc1cc(F)c(C(=O)Nc2cccc(-c3nncn3[C@H](C)C(F)(F)F)n2)cc1CC(=O)C1CC1. The maximum Gasteiger partial charge on any atom is 0.408 e. The molecule has 1 aromatic carbocycles. The van der Waals surface area contributed by atoms with Gasteiger partial charge in [0.15, 0.2) is 5.82 Å². The molecule has 1 saturated carbocycles. The molecule has 11 heteroatoms. The van der Waals surface area contributed by atoms with E-state index in [2.05, 4.69) is 20.5 Å². The minimum absolute atomic E-state index is 0.00714. The fraction of sp³-hybridized carbons (Fsp3) is 0.348. The van der Waals surface area contributed by atoms with Gasteiger partial charge in [0.1, 0.15) is 35.5 Å². The topological polar surface area (TPSA) is 89.8 Å². The number of nitrogens with one attached hydrogen (secondary N) is 1. The molecular formula is C23H21F4N5O2. The monoisotopic (exact) mass is 475 g/mol. The number of halogens is 4. The first-order valence-electron chi connectivity index (χ1n) is 10.6. The predicted molar refractivity (Wildman–Crippen MR) is 115 cm³/mol. The number of hydrogen-bond acceptors (Lipinski definition) is 5. The first kappa shape index (κ1) is 23.5. The van der Waals surface area contributed by atoms with Gasteiger partial charge in [-0.3, -0.25) is 9.59 Å². The van der Waals surface area contributed by atoms with Gasteiger partial charge in [-0.25, -0.2) is 9.37 Å². The van der Waals surface area contributed by atoms with E-state index in [0.29, 0.717) is 11.1 Å². The number of Topliss-reactive ketones (excluding diaryl/α,β-unsaturated/α-hetero) is 1. The van der Waals surface area contributed by atoms with Gasteiger partial charge >= 0.3 is 6.18 Å². The molecule has 4 rings (SSSR count). The van der Waals surface area contributed by atoms with Crippen molar-refractivity contribution in [3.8, 4) is 11.5 Å². The summed E-state index contributed by atoms with van der Waals surface area (Å²) in [6, 6.07) is 4.98. The van der Waals surface area contributed by atoms with Crippen LogP contribution in [0.1, 0.15) is 47.3 Å². The van der Waals surface area contributed by atoms with E-state index in [1.165, 1.54) is 30.3 Å². The van der Waals surface area contributed by atoms with Crippen molar-refractivity contribution in [3.05, 3.63) is 59.2 Å². The van der Waals surface area contributed by atoms with E-state index in [0.717, 1.165) is 30.7 Å². The van der Waals surface area contributed by atoms with Crippen molar-refractivity contribution >= 4 is 17.5 Å². The number of amides is 1. The quantitative estimate of drug-likeness (QED) is 0.501. The second-order valence-electron chi connectivity index (χ2n) is 8.32. The highest BCUT2D eigenvalue weighted by molar-refractivity contribution is 6.04. The van der Waals surface area contributed by atoms with Crippen LogP contribution in [-0.2, 0) is 11.2 Å². The lowest BCUT2D eigenvalue weighted by molar-refractivity contribution is -0.162. The van der Waals surface area contributed by atoms with Crippen LogP contribution in [-0.4, -0.2) is 37.6 Å². The summed E-state index contributed by atoms with van der Waals surface area (Å²) in [5.74, 6) is -1.60. The highest BCUT2D eigenvalue weighted by Crippen LogP contribution is 2.33. The van der Waals surface area contributed by atoms with Gasteiger partial charge in [0.25, 0.3) is 5.91 Å². The van der Waals surface area contributed by atoms with Crippen molar-refractivity contribution in [2.45, 2.75) is 45.3 Å². The van der Waals surface area contributed by atoms with Gasteiger partial charge in [0, 0.05) is 12.3 Å². The molecular weight excluding hydrogens is 454 g/mol. The Bertz CT molecular complexity index is 1250. The Morgan fingerprint density at radius 2 is 1.97 bits per heavy atom. The molecule has 1 atom stereocenters. The molecule has 0 bridgehead atoms. The van der Waals surface area contributed by atoms with Crippen LogP contribution in [0.15, 0.2) is 36.7 Å². The molecule has 1 fully saturated rings. The second-order valence-corrected chi connectivity index (χ2v) is 8.32. The summed E-state index contributed by atoms with van der Waals surface area (Å²) in [7, 11) is 0. The molecule has 0 spiro atoms. The summed E-state index contributed by atoms with van der Waals surface area (Å²) in [5, 5.41) is 9.74. The summed E-state index contributed by atoms with van der Waals surface area (Å²) in [4.78, 5) is 29.1. The Labute approximate surface area is 192 Å². The van der Waals surface area contributed by atoms with Crippen molar-refractivity contribution in [3.63, 3.8) is 0 Å². The van der Waals surface area contributed by atoms with Crippen molar-refractivity contribution in [2.75, 3.05) is 5.32 Å². The number of benzene rings is 1. The first-order valence-corrected chi connectivity index (χ1v) is 10.6. The molecule has 178 valence electrons. The maximum absolute atomic E-state index is 14.6. The van der Waals surface area contributed by atoms with Crippen molar-refractivity contribution in [2.24, 2.45) is 5.92 Å². The van der Waals surface area contributed by atoms with Crippen LogP contribution < -0.4 is 5.32 Å². The highest BCUT2D eigenvalue weighted by atomic mass is 19.4. The standard InChI is InChI=1S/C23H21F4N5O2/c1-12-8-17(24)16(9-15(12)10-19(33)14-6-7-14)22(34)30-20-5-3-4-18(29-20)21-31-28-11-32(21)13(2)23(25,26)27/h3-5,8-9,11,13-14H,6-7,10H2,1-2H3,(H,29,30,34)/t13-/m1/s1. The summed E-state index contributed by atoms with van der Waals surface area (Å²) >= 11 is 0. The van der Waals surface area contributed by atoms with Crippen LogP contribution in [0.25, 0.3) is 11.5 Å². The molecule has 2 heterocycles. The summed E-state index contributed by atoms with van der Waals surface area (Å²) in [6.07, 6.45) is -1.75. The average Bonchev–Trinajstić information content (AvgIpc) is 3.51. The van der Waals surface area contributed by atoms with Crippen LogP contribution in [0.5, 0.6) is 0 Å². The fourth-order valence-electron chi connectivity index (χ4n) is 3.50. The minimum Gasteiger partial charge on any atom is -0.306 e. The molecule has 0 saturated heterocycles. The molecule has 0 radical (unpaired) electrons. The molecule has 34 heavy (non-hydrogen) atoms. The van der Waals surface area contributed by atoms with Gasteiger partial charge in [-0.1, -0.05) is 6.07 Å². The molecule has 3 aromatic rings. The Hall–Kier alpha value is -3.63. The lowest BCUT2D eigenvalue weighted by Crippen LogP contribution is -2.24. The van der Waals surface area contributed by atoms with Crippen LogP contribution in [0.2, 0.25) is 0 Å². The number of carbonyl (C=O) groups excluding carboxylic acids is 2. The zero-order valence-electron chi connectivity index (χ0n) is 18.4. The van der Waals surface area contributed by atoms with Crippen LogP contribution in [0, 0.1) is 18.7 Å². The summed E-state index contributed by atoms with van der Waals surface area (Å²) in [6.45, 7) is 2.63. The van der Waals surface area contributed by atoms with E-state index in [4.69, 9.17) is 0 Å². The second kappa shape index (κ2) is 8.96. The predicted octanol–water partition coefficient (Wildman–Crippen LogP) is 4.68. The molecule has 1 aliphatic rings. The molecule has 0 aliphatic heterocycles. The van der Waals surface area contributed by atoms with Crippen molar-refractivity contribution < 1.29 is 27.2 Å². The highest BCUT2D eigenvalue weighted by Gasteiger charge is 2.39. The Kier molecular flexibility index (Phi) is 6.20. The number of rotatable bonds is 7. The lowest BCUT2D eigenvalue weighted by atomic mass is 9.98. The van der Waals surface area contributed by atoms with E-state index in [-0.39, 0.29) is 41.0 Å². The number of aromatic nitrogens is 4. The molecule has 1 N–H and O–H groups in total. The number of ketones is 1. The number of carbonyl (C=O) groups is 2. The molecule has 1 aliphatic carbocycles. The van der Waals surface area contributed by atoms with Gasteiger partial charge in [0.2, 0.25) is 0 Å². The van der Waals surface area contributed by atoms with Crippen LogP contribution in [0.3, 0.4) is 0 Å². The number of anilines is 1. The Morgan fingerprint density at radius 1 is 1.24 bits per heavy atom. The maximum atomic E-state index is 14.6. The van der Waals surface area contributed by atoms with Crippen molar-refractivity contribution in [1.29, 1.82) is 0 Å². The van der Waals surface area contributed by atoms with Crippen LogP contribution >= 0.6 is 0 Å². The molecule has 2 aromatic heterocycles. The number of nitrogens with zero attached hydrogens (tertiary/aromatic N) is 4. The minimum atomic E-state index is -4.52. The third-order valence-corrected chi connectivity index (χ3v) is 5.75. The summed E-state index contributed by atoms with van der Waals surface area (Å²) < 4.78 is 54.9. The molecule has 1 amide bonds. The van der Waals surface area contributed by atoms with Gasteiger partial charge in [-0.05, 0) is 62.1 Å². The van der Waals surface area contributed by atoms with Crippen molar-refractivity contribution in [1.82, 2.24) is 19.7 Å². The number of hydrogen-bond donors (Lipinski definition) is 1. The van der Waals surface area contributed by atoms with E-state index in [1.807, 2.05) is 0 Å². The number of pyridine rings is 1. The van der Waals surface area contributed by atoms with Gasteiger partial charge < -0.3 is 9.88 Å². The van der Waals surface area contributed by atoms with E-state index in [1.54, 1.807) is 6.92 Å². The largest absolute Gasteiger partial charge is 0.408 e. The van der Waals surface area contributed by atoms with E-state index < -0.39 is 23.9 Å². The zero-order chi connectivity index (χ0) is 24.6. The zero-order valence-corrected chi connectivity index (χ0v) is 18.4. The number of alkyl halides is 3. The Morgan fingerprint density at radius 3 is 2.65 bits per heavy atom. The van der Waals surface area contributed by atoms with Gasteiger partial charge in [-0.2, -0.15) is 13.2 Å². The third-order valence-electron chi connectivity index (χ3n) is 5.75. The third kappa shape index (κ3) is 4.97. The smallest absolute Gasteiger partial charge is 0.306 e. The van der Waals surface area contributed by atoms with Crippen LogP contribution in [0.4, 0.5) is 23.4 Å². The normalized spacial score (nSPS) is 14.6. The molecule has 7 nitrogen and oxygen atoms in total. The number of aryl methyl sites for hydroxylation is 1. The Balaban J connectivity index is 1.57. The van der Waals surface area contributed by atoms with Gasteiger partial charge in [0.05, 0.1) is 5.56 Å². The first-order chi connectivity index (χ1) is 16.0. The lowest BCUT2D eigenvalue weighted by Gasteiger charge is -2.18. The van der Waals surface area contributed by atoms with E-state index in [9.17, 15) is 27.2 Å². The average molecular weight is 475 g/mol. The van der Waals surface area contributed by atoms with Gasteiger partial charge in [-0.15, -0.1) is 10.2 Å².